The number of carbonyl (C=O) groups is 1. The van der Waals surface area contributed by atoms with E-state index < -0.39 is 50.1 Å². The summed E-state index contributed by atoms with van der Waals surface area (Å²) >= 11 is 0. The van der Waals surface area contributed by atoms with Crippen LogP contribution in [0.2, 0.25) is 0 Å². The number of terminal acetylenes is 1. The monoisotopic (exact) mass is 560 g/mol. The summed E-state index contributed by atoms with van der Waals surface area (Å²) in [6, 6.07) is 8.36. The third kappa shape index (κ3) is 6.19. The molecule has 1 unspecified atom stereocenters. The summed E-state index contributed by atoms with van der Waals surface area (Å²) in [5, 5.41) is 25.4. The van der Waals surface area contributed by atoms with Gasteiger partial charge in [-0.3, -0.25) is 18.9 Å². The van der Waals surface area contributed by atoms with Gasteiger partial charge in [-0.05, 0) is 32.9 Å². The number of amidine groups is 1. The summed E-state index contributed by atoms with van der Waals surface area (Å²) in [5.41, 5.74) is -1.55. The standard InChI is InChI=1S/C26H33N4O8P/c1-6-26(33)22(31)21(37-25(26)30-15-28-20-12-27-18(5)29-23(20)30)13-35-39(34,38-19-10-8-7-9-11-19)14-17(4)24(32)36-16(2)3/h1,7-11,15-17,21-22,25,31,33H,12-14H2,2-5H3,(H,27,29)/t17-,21-,22+,25-,26?,39+/m1/s1. The molecular weight excluding hydrogens is 527 g/mol. The van der Waals surface area contributed by atoms with Gasteiger partial charge in [0.25, 0.3) is 0 Å². The number of rotatable bonds is 10. The summed E-state index contributed by atoms with van der Waals surface area (Å²) in [4.78, 5) is 21.0. The second kappa shape index (κ2) is 11.5. The van der Waals surface area contributed by atoms with E-state index in [2.05, 4.69) is 21.2 Å². The van der Waals surface area contributed by atoms with Crippen LogP contribution in [0.3, 0.4) is 0 Å². The van der Waals surface area contributed by atoms with Crippen molar-refractivity contribution in [2.75, 3.05) is 18.1 Å². The SMILES string of the molecule is C#CC1(O)[C@@H](O)[C@@H](CO[P@@](=O)(C[C@@H](C)C(=O)OC(C)C)Oc2ccccc2)O[C@H]1n1cnc2c1NC(C)=NC2. The first-order valence-corrected chi connectivity index (χ1v) is 14.2. The molecule has 210 valence electrons. The van der Waals surface area contributed by atoms with Crippen LogP contribution in [0.4, 0.5) is 5.82 Å². The number of nitrogens with zero attached hydrogens (tertiary/aromatic N) is 3. The van der Waals surface area contributed by atoms with E-state index in [-0.39, 0.29) is 18.0 Å². The van der Waals surface area contributed by atoms with E-state index in [1.165, 1.54) is 10.9 Å². The highest BCUT2D eigenvalue weighted by Gasteiger charge is 2.56. The number of carbonyl (C=O) groups excluding carboxylic acids is 1. The largest absolute Gasteiger partial charge is 0.463 e. The van der Waals surface area contributed by atoms with Crippen LogP contribution in [0.5, 0.6) is 5.75 Å². The van der Waals surface area contributed by atoms with Crippen LogP contribution in [0, 0.1) is 18.3 Å². The van der Waals surface area contributed by atoms with Crippen molar-refractivity contribution in [2.45, 2.75) is 64.4 Å². The number of fused-ring (bicyclic) bond motifs is 1. The van der Waals surface area contributed by atoms with Gasteiger partial charge in [0.2, 0.25) is 0 Å². The zero-order valence-corrected chi connectivity index (χ0v) is 23.1. The molecule has 2 aliphatic heterocycles. The third-order valence-electron chi connectivity index (χ3n) is 6.28. The molecule has 13 heteroatoms. The number of hydrogen-bond acceptors (Lipinski definition) is 11. The molecule has 3 heterocycles. The lowest BCUT2D eigenvalue weighted by atomic mass is 9.95. The number of aliphatic hydroxyl groups excluding tert-OH is 1. The number of aliphatic imine (C=N–C) groups is 1. The van der Waals surface area contributed by atoms with Crippen LogP contribution in [-0.2, 0) is 29.9 Å². The molecule has 1 fully saturated rings. The van der Waals surface area contributed by atoms with Gasteiger partial charge in [0.1, 0.15) is 29.5 Å². The van der Waals surface area contributed by atoms with Gasteiger partial charge in [-0.25, -0.2) is 9.55 Å². The Labute approximate surface area is 226 Å². The summed E-state index contributed by atoms with van der Waals surface area (Å²) in [7, 11) is -4.00. The smallest absolute Gasteiger partial charge is 0.380 e. The average Bonchev–Trinajstić information content (AvgIpc) is 3.41. The number of imidazole rings is 1. The molecule has 1 aromatic heterocycles. The molecule has 1 aromatic carbocycles. The maximum absolute atomic E-state index is 13.9. The fraction of sp³-hybridized carbons (Fsp3) is 0.500. The van der Waals surface area contributed by atoms with E-state index in [9.17, 15) is 19.6 Å². The van der Waals surface area contributed by atoms with Gasteiger partial charge in [-0.1, -0.05) is 31.0 Å². The Morgan fingerprint density at radius 2 is 2.08 bits per heavy atom. The summed E-state index contributed by atoms with van der Waals surface area (Å²) in [5.74, 6) is 2.28. The minimum absolute atomic E-state index is 0.268. The lowest BCUT2D eigenvalue weighted by Crippen LogP contribution is -2.46. The summed E-state index contributed by atoms with van der Waals surface area (Å²) in [6.07, 6.45) is 2.39. The Balaban J connectivity index is 1.54. The highest BCUT2D eigenvalue weighted by Crippen LogP contribution is 2.51. The van der Waals surface area contributed by atoms with E-state index in [0.29, 0.717) is 23.9 Å². The number of nitrogens with one attached hydrogen (secondary N) is 1. The van der Waals surface area contributed by atoms with Crippen LogP contribution < -0.4 is 9.84 Å². The van der Waals surface area contributed by atoms with E-state index >= 15 is 0 Å². The number of esters is 1. The fourth-order valence-electron chi connectivity index (χ4n) is 4.28. The van der Waals surface area contributed by atoms with Gasteiger partial charge in [-0.2, -0.15) is 0 Å². The second-order valence-corrected chi connectivity index (χ2v) is 11.8. The number of hydrogen-bond donors (Lipinski definition) is 3. The van der Waals surface area contributed by atoms with Gasteiger partial charge < -0.3 is 29.5 Å². The van der Waals surface area contributed by atoms with Crippen LogP contribution >= 0.6 is 7.60 Å². The molecule has 0 aliphatic carbocycles. The number of aromatic nitrogens is 2. The van der Waals surface area contributed by atoms with Gasteiger partial charge in [-0.15, -0.1) is 6.42 Å². The molecule has 6 atom stereocenters. The van der Waals surface area contributed by atoms with Crippen molar-refractivity contribution in [1.82, 2.24) is 9.55 Å². The van der Waals surface area contributed by atoms with Crippen molar-refractivity contribution in [2.24, 2.45) is 10.9 Å². The zero-order chi connectivity index (χ0) is 28.4. The Hall–Kier alpha value is -3.20. The minimum Gasteiger partial charge on any atom is -0.463 e. The zero-order valence-electron chi connectivity index (χ0n) is 22.2. The van der Waals surface area contributed by atoms with E-state index in [1.54, 1.807) is 58.0 Å². The molecule has 0 bridgehead atoms. The molecule has 3 N–H and O–H groups in total. The molecule has 39 heavy (non-hydrogen) atoms. The van der Waals surface area contributed by atoms with Gasteiger partial charge in [0.15, 0.2) is 11.8 Å². The first-order valence-electron chi connectivity index (χ1n) is 12.5. The molecule has 1 saturated heterocycles. The van der Waals surface area contributed by atoms with Crippen molar-refractivity contribution in [3.8, 4) is 18.1 Å². The van der Waals surface area contributed by atoms with Crippen LogP contribution in [0.15, 0.2) is 41.7 Å². The summed E-state index contributed by atoms with van der Waals surface area (Å²) < 4.78 is 38.1. The average molecular weight is 561 g/mol. The highest BCUT2D eigenvalue weighted by molar-refractivity contribution is 7.54. The molecule has 0 spiro atoms. The minimum atomic E-state index is -4.00. The molecule has 2 aliphatic rings. The Morgan fingerprint density at radius 1 is 1.36 bits per heavy atom. The second-order valence-electron chi connectivity index (χ2n) is 9.80. The topological polar surface area (TPSA) is 154 Å². The van der Waals surface area contributed by atoms with Gasteiger partial charge >= 0.3 is 13.6 Å². The lowest BCUT2D eigenvalue weighted by molar-refractivity contribution is -0.151. The maximum Gasteiger partial charge on any atom is 0.380 e. The summed E-state index contributed by atoms with van der Waals surface area (Å²) in [6.45, 7) is 6.63. The van der Waals surface area contributed by atoms with Crippen molar-refractivity contribution in [3.63, 3.8) is 0 Å². The van der Waals surface area contributed by atoms with Crippen LogP contribution in [0.25, 0.3) is 0 Å². The lowest BCUT2D eigenvalue weighted by Gasteiger charge is -2.28. The molecule has 4 rings (SSSR count). The van der Waals surface area contributed by atoms with Crippen molar-refractivity contribution in [3.05, 3.63) is 42.4 Å². The van der Waals surface area contributed by atoms with Crippen molar-refractivity contribution in [1.29, 1.82) is 0 Å². The van der Waals surface area contributed by atoms with Crippen molar-refractivity contribution < 1.29 is 38.1 Å². The molecular formula is C26H33N4O8P. The third-order valence-corrected chi connectivity index (χ3v) is 8.30. The number of aliphatic hydroxyl groups is 2. The van der Waals surface area contributed by atoms with Gasteiger partial charge in [0.05, 0.1) is 43.5 Å². The van der Waals surface area contributed by atoms with Crippen LogP contribution in [-0.4, -0.2) is 68.3 Å². The normalized spacial score (nSPS) is 26.5. The Morgan fingerprint density at radius 3 is 2.74 bits per heavy atom. The molecule has 0 radical (unpaired) electrons. The maximum atomic E-state index is 13.9. The molecule has 2 aromatic rings. The first kappa shape index (κ1) is 28.8. The number of para-hydroxylation sites is 1. The highest BCUT2D eigenvalue weighted by atomic mass is 31.2. The van der Waals surface area contributed by atoms with Gasteiger partial charge in [0, 0.05) is 0 Å². The Kier molecular flexibility index (Phi) is 8.49. The Bertz CT molecular complexity index is 1310. The molecule has 12 nitrogen and oxygen atoms in total. The van der Waals surface area contributed by atoms with E-state index in [1.807, 2.05) is 0 Å². The molecule has 0 amide bonds. The fourth-order valence-corrected chi connectivity index (χ4v) is 6.15. The quantitative estimate of drug-likeness (QED) is 0.225. The number of benzene rings is 1. The number of anilines is 1. The van der Waals surface area contributed by atoms with E-state index in [4.69, 9.17) is 24.9 Å². The molecule has 0 saturated carbocycles. The predicted octanol–water partition coefficient (Wildman–Crippen LogP) is 2.73. The van der Waals surface area contributed by atoms with E-state index in [0.717, 1.165) is 0 Å². The van der Waals surface area contributed by atoms with Crippen molar-refractivity contribution >= 4 is 25.2 Å². The van der Waals surface area contributed by atoms with Crippen LogP contribution in [0.1, 0.15) is 39.6 Å². The number of ether oxygens (including phenoxy) is 2. The predicted molar refractivity (Wildman–Crippen MR) is 142 cm³/mol. The first-order chi connectivity index (χ1) is 18.5.